The fraction of sp³-hybridized carbons (Fsp3) is 0.895. The molecule has 136 valence electrons. The van der Waals surface area contributed by atoms with Crippen molar-refractivity contribution in [2.45, 2.75) is 64.8 Å². The van der Waals surface area contributed by atoms with Crippen molar-refractivity contribution in [2.24, 2.45) is 5.92 Å². The summed E-state index contributed by atoms with van der Waals surface area (Å²) >= 11 is 0. The van der Waals surface area contributed by atoms with Gasteiger partial charge in [-0.2, -0.15) is 0 Å². The first kappa shape index (κ1) is 17.9. The summed E-state index contributed by atoms with van der Waals surface area (Å²) in [6.07, 6.45) is 11.0. The number of hydrogen-bond donors (Lipinski definition) is 0. The molecular weight excluding hydrogens is 298 g/mol. The fourth-order valence-electron chi connectivity index (χ4n) is 4.28. The maximum absolute atomic E-state index is 4.40. The lowest BCUT2D eigenvalue weighted by Crippen LogP contribution is -2.43. The lowest BCUT2D eigenvalue weighted by atomic mass is 9.96. The minimum Gasteiger partial charge on any atom is -0.303 e. The van der Waals surface area contributed by atoms with Gasteiger partial charge in [-0.15, -0.1) is 5.10 Å². The van der Waals surface area contributed by atoms with Crippen LogP contribution in [0.2, 0.25) is 0 Å². The molecule has 2 aliphatic rings. The molecule has 3 rings (SSSR count). The molecule has 24 heavy (non-hydrogen) atoms. The molecule has 0 saturated carbocycles. The molecule has 0 spiro atoms. The van der Waals surface area contributed by atoms with Gasteiger partial charge >= 0.3 is 0 Å². The molecule has 1 unspecified atom stereocenters. The van der Waals surface area contributed by atoms with Gasteiger partial charge in [0.25, 0.3) is 0 Å². The van der Waals surface area contributed by atoms with E-state index in [1.54, 1.807) is 0 Å². The van der Waals surface area contributed by atoms with Crippen LogP contribution in [-0.4, -0.2) is 64.1 Å². The zero-order chi connectivity index (χ0) is 16.8. The molecule has 0 bridgehead atoms. The van der Waals surface area contributed by atoms with Crippen LogP contribution in [0.3, 0.4) is 0 Å². The van der Waals surface area contributed by atoms with Crippen LogP contribution in [0.15, 0.2) is 6.20 Å². The Labute approximate surface area is 147 Å². The van der Waals surface area contributed by atoms with Crippen molar-refractivity contribution in [1.29, 1.82) is 0 Å². The molecule has 0 aromatic carbocycles. The van der Waals surface area contributed by atoms with E-state index in [1.807, 2.05) is 0 Å². The average Bonchev–Trinajstić information content (AvgIpc) is 3.10. The zero-order valence-electron chi connectivity index (χ0n) is 15.7. The van der Waals surface area contributed by atoms with Gasteiger partial charge in [0.05, 0.1) is 11.7 Å². The first-order valence-corrected chi connectivity index (χ1v) is 10.1. The van der Waals surface area contributed by atoms with Gasteiger partial charge in [-0.1, -0.05) is 25.5 Å². The Hall–Kier alpha value is -0.940. The van der Waals surface area contributed by atoms with Crippen LogP contribution < -0.4 is 0 Å². The molecule has 1 atom stereocenters. The molecule has 5 heteroatoms. The van der Waals surface area contributed by atoms with Crippen molar-refractivity contribution in [3.8, 4) is 0 Å². The van der Waals surface area contributed by atoms with E-state index in [2.05, 4.69) is 44.8 Å². The number of aryl methyl sites for hydroxylation is 1. The van der Waals surface area contributed by atoms with Gasteiger partial charge in [-0.3, -0.25) is 0 Å². The summed E-state index contributed by atoms with van der Waals surface area (Å²) in [4.78, 5) is 5.31. The maximum Gasteiger partial charge on any atom is 0.0827 e. The van der Waals surface area contributed by atoms with E-state index in [0.717, 1.165) is 12.3 Å². The predicted molar refractivity (Wildman–Crippen MR) is 98.2 cm³/mol. The van der Waals surface area contributed by atoms with Crippen LogP contribution in [0.1, 0.15) is 64.1 Å². The number of hydrogen-bond acceptors (Lipinski definition) is 4. The number of aromatic nitrogens is 3. The van der Waals surface area contributed by atoms with Crippen LogP contribution in [0.4, 0.5) is 0 Å². The molecule has 1 aromatic heterocycles. The monoisotopic (exact) mass is 333 g/mol. The topological polar surface area (TPSA) is 37.2 Å². The lowest BCUT2D eigenvalue weighted by Gasteiger charge is -2.38. The molecule has 3 heterocycles. The predicted octanol–water partition coefficient (Wildman–Crippen LogP) is 2.99. The first-order chi connectivity index (χ1) is 11.8. The largest absolute Gasteiger partial charge is 0.303 e. The normalized spacial score (nSPS) is 24.5. The lowest BCUT2D eigenvalue weighted by molar-refractivity contribution is 0.111. The number of piperidine rings is 2. The Bertz CT molecular complexity index is 478. The van der Waals surface area contributed by atoms with E-state index >= 15 is 0 Å². The molecule has 0 aliphatic carbocycles. The summed E-state index contributed by atoms with van der Waals surface area (Å²) in [5.41, 5.74) is 1.17. The third-order valence-electron chi connectivity index (χ3n) is 5.84. The van der Waals surface area contributed by atoms with Crippen molar-refractivity contribution < 1.29 is 0 Å². The van der Waals surface area contributed by atoms with E-state index in [4.69, 9.17) is 0 Å². The average molecular weight is 334 g/mol. The summed E-state index contributed by atoms with van der Waals surface area (Å²) in [5, 5.41) is 8.75. The first-order valence-electron chi connectivity index (χ1n) is 10.1. The molecule has 5 nitrogen and oxygen atoms in total. The van der Waals surface area contributed by atoms with E-state index in [-0.39, 0.29) is 0 Å². The number of unbranched alkanes of at least 4 members (excludes halogenated alkanes) is 1. The Morgan fingerprint density at radius 3 is 2.67 bits per heavy atom. The fourth-order valence-corrected chi connectivity index (χ4v) is 4.28. The molecular formula is C19H35N5. The van der Waals surface area contributed by atoms with E-state index < -0.39 is 0 Å². The van der Waals surface area contributed by atoms with Crippen LogP contribution in [-0.2, 0) is 6.42 Å². The Kier molecular flexibility index (Phi) is 6.67. The van der Waals surface area contributed by atoms with Crippen LogP contribution >= 0.6 is 0 Å². The van der Waals surface area contributed by atoms with Gasteiger partial charge in [-0.05, 0) is 57.5 Å². The molecule has 1 aromatic rings. The molecule has 0 radical (unpaired) electrons. The number of likely N-dealkylation sites (tertiary alicyclic amines) is 2. The van der Waals surface area contributed by atoms with E-state index in [1.165, 1.54) is 83.5 Å². The van der Waals surface area contributed by atoms with Crippen molar-refractivity contribution >= 4 is 0 Å². The van der Waals surface area contributed by atoms with E-state index in [9.17, 15) is 0 Å². The highest BCUT2D eigenvalue weighted by Gasteiger charge is 2.25. The second-order valence-corrected chi connectivity index (χ2v) is 7.73. The van der Waals surface area contributed by atoms with Gasteiger partial charge in [0.15, 0.2) is 0 Å². The molecule has 0 amide bonds. The highest BCUT2D eigenvalue weighted by atomic mass is 15.4. The van der Waals surface area contributed by atoms with Crippen molar-refractivity contribution in [1.82, 2.24) is 24.8 Å². The Morgan fingerprint density at radius 2 is 1.92 bits per heavy atom. The maximum atomic E-state index is 4.40. The van der Waals surface area contributed by atoms with Gasteiger partial charge in [0.2, 0.25) is 0 Å². The zero-order valence-corrected chi connectivity index (χ0v) is 15.7. The minimum absolute atomic E-state index is 0.558. The van der Waals surface area contributed by atoms with Crippen LogP contribution in [0.25, 0.3) is 0 Å². The summed E-state index contributed by atoms with van der Waals surface area (Å²) in [7, 11) is 0. The molecule has 0 N–H and O–H groups in total. The van der Waals surface area contributed by atoms with Crippen molar-refractivity contribution in [2.75, 3.05) is 39.3 Å². The molecule has 2 aliphatic heterocycles. The van der Waals surface area contributed by atoms with Gasteiger partial charge in [-0.25, -0.2) is 4.68 Å². The van der Waals surface area contributed by atoms with Gasteiger partial charge < -0.3 is 9.80 Å². The van der Waals surface area contributed by atoms with Crippen LogP contribution in [0.5, 0.6) is 0 Å². The van der Waals surface area contributed by atoms with Crippen molar-refractivity contribution in [3.63, 3.8) is 0 Å². The minimum atomic E-state index is 0.558. The van der Waals surface area contributed by atoms with E-state index in [0.29, 0.717) is 6.04 Å². The highest BCUT2D eigenvalue weighted by Crippen LogP contribution is 2.24. The quantitative estimate of drug-likeness (QED) is 0.769. The van der Waals surface area contributed by atoms with Gasteiger partial charge in [0, 0.05) is 32.4 Å². The van der Waals surface area contributed by atoms with Crippen LogP contribution in [0, 0.1) is 5.92 Å². The summed E-state index contributed by atoms with van der Waals surface area (Å²) in [6.45, 7) is 12.1. The SMILES string of the molecule is CCCCc1cn(C2CCN(CC3CCCN(CC)C3)CC2)nn1. The third-order valence-corrected chi connectivity index (χ3v) is 5.84. The highest BCUT2D eigenvalue weighted by molar-refractivity contribution is 4.94. The second-order valence-electron chi connectivity index (χ2n) is 7.73. The smallest absolute Gasteiger partial charge is 0.0827 e. The summed E-state index contributed by atoms with van der Waals surface area (Å²) in [5.74, 6) is 0.877. The third kappa shape index (κ3) is 4.79. The Morgan fingerprint density at radius 1 is 1.08 bits per heavy atom. The summed E-state index contributed by atoms with van der Waals surface area (Å²) in [6, 6.07) is 0.558. The second kappa shape index (κ2) is 8.95. The molecule has 2 saturated heterocycles. The number of rotatable bonds is 7. The van der Waals surface area contributed by atoms with Gasteiger partial charge in [0.1, 0.15) is 0 Å². The number of nitrogens with zero attached hydrogens (tertiary/aromatic N) is 5. The Balaban J connectivity index is 1.43. The van der Waals surface area contributed by atoms with Crippen molar-refractivity contribution in [3.05, 3.63) is 11.9 Å². The standard InChI is InChI=1S/C19H35N5/c1-3-5-8-18-16-24(21-20-18)19-9-12-23(13-10-19)15-17-7-6-11-22(4-2)14-17/h16-17,19H,3-15H2,1-2H3. The molecule has 2 fully saturated rings. The summed E-state index contributed by atoms with van der Waals surface area (Å²) < 4.78 is 2.14.